The van der Waals surface area contributed by atoms with Crippen LogP contribution in [0.4, 0.5) is 0 Å². The summed E-state index contributed by atoms with van der Waals surface area (Å²) in [5.41, 5.74) is 2.35. The minimum atomic E-state index is 0.0432. The number of hydrogen-bond donors (Lipinski definition) is 1. The highest BCUT2D eigenvalue weighted by molar-refractivity contribution is 5.77. The van der Waals surface area contributed by atoms with Crippen LogP contribution >= 0.6 is 0 Å². The molecular formula is C17H26N2O2. The van der Waals surface area contributed by atoms with Gasteiger partial charge in [-0.3, -0.25) is 4.79 Å². The summed E-state index contributed by atoms with van der Waals surface area (Å²) in [6.45, 7) is 8.41. The molecule has 4 nitrogen and oxygen atoms in total. The van der Waals surface area contributed by atoms with Crippen molar-refractivity contribution >= 4 is 5.91 Å². The normalized spacial score (nSPS) is 14.0. The van der Waals surface area contributed by atoms with Gasteiger partial charge < -0.3 is 15.0 Å². The highest BCUT2D eigenvalue weighted by atomic mass is 16.5. The molecule has 0 radical (unpaired) electrons. The van der Waals surface area contributed by atoms with Gasteiger partial charge in [-0.2, -0.15) is 0 Å². The Labute approximate surface area is 127 Å². The lowest BCUT2D eigenvalue weighted by atomic mass is 10.1. The molecule has 0 saturated heterocycles. The minimum absolute atomic E-state index is 0.0432. The van der Waals surface area contributed by atoms with Gasteiger partial charge in [0, 0.05) is 31.2 Å². The van der Waals surface area contributed by atoms with Gasteiger partial charge in [0.05, 0.1) is 0 Å². The van der Waals surface area contributed by atoms with Crippen molar-refractivity contribution in [1.29, 1.82) is 0 Å². The van der Waals surface area contributed by atoms with Crippen LogP contribution in [0.5, 0.6) is 5.75 Å². The lowest BCUT2D eigenvalue weighted by Gasteiger charge is -2.19. The molecule has 0 atom stereocenters. The first-order chi connectivity index (χ1) is 10.1. The van der Waals surface area contributed by atoms with Crippen molar-refractivity contribution in [3.8, 4) is 5.75 Å². The Morgan fingerprint density at radius 2 is 2.05 bits per heavy atom. The summed E-state index contributed by atoms with van der Waals surface area (Å²) in [6.07, 6.45) is 2.53. The smallest absolute Gasteiger partial charge is 0.260 e. The van der Waals surface area contributed by atoms with E-state index in [2.05, 4.69) is 18.3 Å². The van der Waals surface area contributed by atoms with E-state index in [4.69, 9.17) is 4.74 Å². The van der Waals surface area contributed by atoms with Gasteiger partial charge in [0.2, 0.25) is 0 Å². The lowest BCUT2D eigenvalue weighted by Crippen LogP contribution is -2.34. The van der Waals surface area contributed by atoms with Crippen molar-refractivity contribution in [2.24, 2.45) is 0 Å². The molecule has 0 unspecified atom stereocenters. The first kappa shape index (κ1) is 15.8. The van der Waals surface area contributed by atoms with E-state index in [1.54, 1.807) is 4.90 Å². The number of nitrogens with one attached hydrogen (secondary N) is 1. The van der Waals surface area contributed by atoms with Crippen molar-refractivity contribution in [1.82, 2.24) is 10.2 Å². The fraction of sp³-hybridized carbons (Fsp3) is 0.588. The van der Waals surface area contributed by atoms with E-state index in [0.717, 1.165) is 30.9 Å². The Bertz CT molecular complexity index is 480. The molecule has 1 fully saturated rings. The van der Waals surface area contributed by atoms with Crippen molar-refractivity contribution in [2.45, 2.75) is 46.2 Å². The van der Waals surface area contributed by atoms with Crippen molar-refractivity contribution in [2.75, 3.05) is 19.7 Å². The summed E-state index contributed by atoms with van der Waals surface area (Å²) in [5.74, 6) is 0.857. The zero-order valence-electron chi connectivity index (χ0n) is 13.3. The van der Waals surface area contributed by atoms with Crippen molar-refractivity contribution < 1.29 is 9.53 Å². The van der Waals surface area contributed by atoms with E-state index in [-0.39, 0.29) is 12.5 Å². The first-order valence-corrected chi connectivity index (χ1v) is 7.87. The van der Waals surface area contributed by atoms with Crippen molar-refractivity contribution in [3.05, 3.63) is 29.3 Å². The molecule has 1 amide bonds. The maximum atomic E-state index is 12.0. The number of carbonyl (C=O) groups excluding carboxylic acids is 1. The van der Waals surface area contributed by atoms with Gasteiger partial charge in [-0.15, -0.1) is 0 Å². The number of hydrogen-bond acceptors (Lipinski definition) is 3. The Morgan fingerprint density at radius 1 is 1.33 bits per heavy atom. The monoisotopic (exact) mass is 290 g/mol. The van der Waals surface area contributed by atoms with Gasteiger partial charge in [0.1, 0.15) is 5.75 Å². The molecule has 1 aliphatic carbocycles. The Morgan fingerprint density at radius 3 is 2.67 bits per heavy atom. The first-order valence-electron chi connectivity index (χ1n) is 7.87. The van der Waals surface area contributed by atoms with Crippen LogP contribution in [-0.2, 0) is 11.3 Å². The number of aryl methyl sites for hydroxylation is 1. The number of rotatable bonds is 8. The van der Waals surface area contributed by atoms with Crippen LogP contribution in [0, 0.1) is 6.92 Å². The number of amides is 1. The maximum absolute atomic E-state index is 12.0. The van der Waals surface area contributed by atoms with Gasteiger partial charge in [-0.25, -0.2) is 0 Å². The second-order valence-corrected chi connectivity index (χ2v) is 5.62. The predicted molar refractivity (Wildman–Crippen MR) is 84.5 cm³/mol. The van der Waals surface area contributed by atoms with Crippen molar-refractivity contribution in [3.63, 3.8) is 0 Å². The molecule has 116 valence electrons. The second-order valence-electron chi connectivity index (χ2n) is 5.62. The zero-order chi connectivity index (χ0) is 15.2. The van der Waals surface area contributed by atoms with E-state index in [1.165, 1.54) is 18.4 Å². The average Bonchev–Trinajstić information content (AvgIpc) is 3.29. The fourth-order valence-electron chi connectivity index (χ4n) is 2.34. The predicted octanol–water partition coefficient (Wildman–Crippen LogP) is 2.49. The molecule has 0 bridgehead atoms. The van der Waals surface area contributed by atoms with E-state index < -0.39 is 0 Å². The molecule has 1 N–H and O–H groups in total. The molecule has 21 heavy (non-hydrogen) atoms. The molecule has 1 aliphatic rings. The number of ether oxygens (including phenoxy) is 1. The van der Waals surface area contributed by atoms with Crippen LogP contribution in [0.1, 0.15) is 37.8 Å². The van der Waals surface area contributed by atoms with Gasteiger partial charge in [-0.05, 0) is 39.7 Å². The van der Waals surface area contributed by atoms with Crippen LogP contribution in [-0.4, -0.2) is 36.5 Å². The summed E-state index contributed by atoms with van der Waals surface area (Å²) < 4.78 is 5.76. The SMILES string of the molecule is CCN(CC)C(=O)COc1ccc(C)cc1CNC1CC1. The topological polar surface area (TPSA) is 41.6 Å². The number of nitrogens with zero attached hydrogens (tertiary/aromatic N) is 1. The molecule has 0 aliphatic heterocycles. The summed E-state index contributed by atoms with van der Waals surface area (Å²) >= 11 is 0. The largest absolute Gasteiger partial charge is 0.483 e. The molecule has 1 aromatic carbocycles. The molecule has 0 aromatic heterocycles. The van der Waals surface area contributed by atoms with Crippen LogP contribution in [0.3, 0.4) is 0 Å². The van der Waals surface area contributed by atoms with Crippen LogP contribution in [0.25, 0.3) is 0 Å². The number of benzene rings is 1. The molecule has 0 heterocycles. The second kappa shape index (κ2) is 7.46. The Balaban J connectivity index is 1.95. The highest BCUT2D eigenvalue weighted by Gasteiger charge is 2.21. The maximum Gasteiger partial charge on any atom is 0.260 e. The van der Waals surface area contributed by atoms with Gasteiger partial charge >= 0.3 is 0 Å². The molecular weight excluding hydrogens is 264 g/mol. The fourth-order valence-corrected chi connectivity index (χ4v) is 2.34. The quantitative estimate of drug-likeness (QED) is 0.800. The standard InChI is InChI=1S/C17H26N2O2/c1-4-19(5-2)17(20)12-21-16-9-6-13(3)10-14(16)11-18-15-7-8-15/h6,9-10,15,18H,4-5,7-8,11-12H2,1-3H3. The van der Waals surface area contributed by atoms with E-state index in [1.807, 2.05) is 26.0 Å². The van der Waals surface area contributed by atoms with Gasteiger partial charge in [0.15, 0.2) is 6.61 Å². The van der Waals surface area contributed by atoms with Crippen LogP contribution < -0.4 is 10.1 Å². The summed E-state index contributed by atoms with van der Waals surface area (Å²) in [4.78, 5) is 13.8. The van der Waals surface area contributed by atoms with Crippen LogP contribution in [0.15, 0.2) is 18.2 Å². The average molecular weight is 290 g/mol. The highest BCUT2D eigenvalue weighted by Crippen LogP contribution is 2.23. The molecule has 1 saturated carbocycles. The van der Waals surface area contributed by atoms with Gasteiger partial charge in [0.25, 0.3) is 5.91 Å². The zero-order valence-corrected chi connectivity index (χ0v) is 13.3. The number of carbonyl (C=O) groups is 1. The number of likely N-dealkylation sites (N-methyl/N-ethyl adjacent to an activating group) is 1. The third-order valence-electron chi connectivity index (χ3n) is 3.84. The third kappa shape index (κ3) is 4.74. The minimum Gasteiger partial charge on any atom is -0.483 e. The van der Waals surface area contributed by atoms with Gasteiger partial charge in [-0.1, -0.05) is 17.7 Å². The Kier molecular flexibility index (Phi) is 5.62. The summed E-state index contributed by atoms with van der Waals surface area (Å²) in [7, 11) is 0. The third-order valence-corrected chi connectivity index (χ3v) is 3.84. The van der Waals surface area contributed by atoms with Crippen LogP contribution in [0.2, 0.25) is 0 Å². The summed E-state index contributed by atoms with van der Waals surface area (Å²) in [6, 6.07) is 6.79. The van der Waals surface area contributed by atoms with E-state index >= 15 is 0 Å². The molecule has 2 rings (SSSR count). The molecule has 4 heteroatoms. The lowest BCUT2D eigenvalue weighted by molar-refractivity contribution is -0.132. The molecule has 0 spiro atoms. The van der Waals surface area contributed by atoms with E-state index in [0.29, 0.717) is 6.04 Å². The Hall–Kier alpha value is -1.55. The molecule has 1 aromatic rings. The summed E-state index contributed by atoms with van der Waals surface area (Å²) in [5, 5.41) is 3.50. The van der Waals surface area contributed by atoms with E-state index in [9.17, 15) is 4.79 Å².